The minimum absolute atomic E-state index is 0. The number of methoxy groups -OCH3 is 1. The molecule has 1 saturated heterocycles. The van der Waals surface area contributed by atoms with Crippen LogP contribution in [-0.2, 0) is 9.53 Å². The van der Waals surface area contributed by atoms with E-state index in [1.807, 2.05) is 18.2 Å². The third-order valence-electron chi connectivity index (χ3n) is 3.34. The Morgan fingerprint density at radius 3 is 3.00 bits per heavy atom. The number of hydrogen-bond acceptors (Lipinski definition) is 5. The molecule has 0 radical (unpaired) electrons. The van der Waals surface area contributed by atoms with Crippen LogP contribution < -0.4 is 21.5 Å². The monoisotopic (exact) mass is 426 g/mol. The molecule has 1 fully saturated rings. The van der Waals surface area contributed by atoms with E-state index in [-0.39, 0.29) is 37.1 Å². The van der Waals surface area contributed by atoms with Gasteiger partial charge in [0.25, 0.3) is 0 Å². The van der Waals surface area contributed by atoms with Crippen molar-refractivity contribution in [2.75, 3.05) is 26.8 Å². The second-order valence-electron chi connectivity index (χ2n) is 5.03. The molecule has 1 heterocycles. The molecular weight excluding hydrogens is 407 g/mol. The van der Waals surface area contributed by atoms with Gasteiger partial charge in [-0.2, -0.15) is 0 Å². The maximum Gasteiger partial charge on any atom is 0.235 e. The van der Waals surface area contributed by atoms with Crippen molar-refractivity contribution in [1.82, 2.24) is 21.5 Å². The van der Waals surface area contributed by atoms with Crippen molar-refractivity contribution >= 4 is 45.8 Å². The molecule has 1 aromatic rings. The number of benzene rings is 1. The van der Waals surface area contributed by atoms with Crippen LogP contribution in [0.5, 0.6) is 0 Å². The highest BCUT2D eigenvalue weighted by atomic mass is 79.9. The second kappa shape index (κ2) is 10.5. The van der Waals surface area contributed by atoms with Gasteiger partial charge in [0.1, 0.15) is 0 Å². The molecule has 0 spiro atoms. The predicted molar refractivity (Wildman–Crippen MR) is 96.7 cm³/mol. The third kappa shape index (κ3) is 6.54. The number of carbonyl (C=O) groups excluding carboxylic acids is 1. The summed E-state index contributed by atoms with van der Waals surface area (Å²) in [7, 11) is 1.63. The standard InChI is InChI=1S/C14H20BrClN4O2.ClH/c1-22-5-4-17-8-14(21)18-13-7-12(19-20-13)10-6-9(15)2-3-11(10)16;/h2-3,6,12-13,17,19-20H,4-5,7-8H2,1H3,(H,18,21);1H. The normalized spacial score (nSPS) is 20.1. The first-order chi connectivity index (χ1) is 10.6. The summed E-state index contributed by atoms with van der Waals surface area (Å²) in [5.74, 6) is -0.0589. The van der Waals surface area contributed by atoms with Gasteiger partial charge in [-0.3, -0.25) is 4.79 Å². The highest BCUT2D eigenvalue weighted by Crippen LogP contribution is 2.30. The molecule has 0 aromatic heterocycles. The summed E-state index contributed by atoms with van der Waals surface area (Å²) in [6.07, 6.45) is 0.594. The topological polar surface area (TPSA) is 74.4 Å². The van der Waals surface area contributed by atoms with E-state index in [2.05, 4.69) is 37.4 Å². The SMILES string of the molecule is COCCNCC(=O)NC1CC(c2cc(Br)ccc2Cl)NN1.Cl. The number of amides is 1. The van der Waals surface area contributed by atoms with Crippen molar-refractivity contribution in [2.24, 2.45) is 0 Å². The molecule has 0 saturated carbocycles. The number of hydrazine groups is 1. The van der Waals surface area contributed by atoms with E-state index in [0.717, 1.165) is 16.5 Å². The average molecular weight is 428 g/mol. The second-order valence-corrected chi connectivity index (χ2v) is 6.36. The molecule has 4 N–H and O–H groups in total. The average Bonchev–Trinajstić information content (AvgIpc) is 2.94. The van der Waals surface area contributed by atoms with Gasteiger partial charge < -0.3 is 15.4 Å². The molecule has 0 aliphatic carbocycles. The largest absolute Gasteiger partial charge is 0.383 e. The molecule has 2 rings (SSSR count). The van der Waals surface area contributed by atoms with Crippen LogP contribution in [0.3, 0.4) is 0 Å². The van der Waals surface area contributed by atoms with E-state index in [1.165, 1.54) is 0 Å². The van der Waals surface area contributed by atoms with Crippen molar-refractivity contribution in [3.05, 3.63) is 33.3 Å². The molecule has 2 unspecified atom stereocenters. The van der Waals surface area contributed by atoms with Gasteiger partial charge in [-0.15, -0.1) is 12.4 Å². The molecule has 23 heavy (non-hydrogen) atoms. The Morgan fingerprint density at radius 1 is 1.48 bits per heavy atom. The van der Waals surface area contributed by atoms with E-state index in [1.54, 1.807) is 7.11 Å². The zero-order valence-corrected chi connectivity index (χ0v) is 15.9. The fraction of sp³-hybridized carbons (Fsp3) is 0.500. The van der Waals surface area contributed by atoms with Crippen LogP contribution in [0.15, 0.2) is 22.7 Å². The number of halogens is 3. The summed E-state index contributed by atoms with van der Waals surface area (Å²) < 4.78 is 5.88. The number of rotatable bonds is 7. The Morgan fingerprint density at radius 2 is 2.26 bits per heavy atom. The zero-order valence-electron chi connectivity index (χ0n) is 12.7. The lowest BCUT2D eigenvalue weighted by Crippen LogP contribution is -2.47. The number of ether oxygens (including phenoxy) is 1. The van der Waals surface area contributed by atoms with Gasteiger partial charge in [-0.05, 0) is 23.8 Å². The van der Waals surface area contributed by atoms with E-state index in [0.29, 0.717) is 18.2 Å². The zero-order chi connectivity index (χ0) is 15.9. The minimum atomic E-state index is -0.128. The van der Waals surface area contributed by atoms with E-state index >= 15 is 0 Å². The molecule has 130 valence electrons. The molecule has 1 amide bonds. The minimum Gasteiger partial charge on any atom is -0.383 e. The van der Waals surface area contributed by atoms with Gasteiger partial charge in [-0.1, -0.05) is 27.5 Å². The molecule has 0 bridgehead atoms. The summed E-state index contributed by atoms with van der Waals surface area (Å²) in [6.45, 7) is 1.50. The van der Waals surface area contributed by atoms with Crippen LogP contribution in [0, 0.1) is 0 Å². The van der Waals surface area contributed by atoms with Gasteiger partial charge in [0, 0.05) is 29.6 Å². The first-order valence-corrected chi connectivity index (χ1v) is 8.22. The number of carbonyl (C=O) groups is 1. The highest BCUT2D eigenvalue weighted by Gasteiger charge is 2.27. The Hall–Kier alpha value is -0.410. The number of nitrogens with one attached hydrogen (secondary N) is 4. The van der Waals surface area contributed by atoms with Crippen molar-refractivity contribution in [1.29, 1.82) is 0 Å². The van der Waals surface area contributed by atoms with Crippen LogP contribution in [0.1, 0.15) is 18.0 Å². The fourth-order valence-electron chi connectivity index (χ4n) is 2.26. The van der Waals surface area contributed by atoms with Gasteiger partial charge in [0.15, 0.2) is 0 Å². The molecule has 2 atom stereocenters. The van der Waals surface area contributed by atoms with E-state index < -0.39 is 0 Å². The van der Waals surface area contributed by atoms with Crippen molar-refractivity contribution < 1.29 is 9.53 Å². The lowest BCUT2D eigenvalue weighted by molar-refractivity contribution is -0.121. The predicted octanol–water partition coefficient (Wildman–Crippen LogP) is 1.74. The van der Waals surface area contributed by atoms with E-state index in [9.17, 15) is 4.79 Å². The Labute approximate surface area is 155 Å². The van der Waals surface area contributed by atoms with Crippen molar-refractivity contribution in [3.63, 3.8) is 0 Å². The lowest BCUT2D eigenvalue weighted by Gasteiger charge is -2.13. The Bertz CT molecular complexity index is 522. The molecule has 1 aliphatic heterocycles. The Kier molecular flexibility index (Phi) is 9.38. The molecule has 1 aliphatic rings. The van der Waals surface area contributed by atoms with Gasteiger partial charge >= 0.3 is 0 Å². The van der Waals surface area contributed by atoms with Crippen LogP contribution in [-0.4, -0.2) is 38.9 Å². The maximum atomic E-state index is 11.8. The third-order valence-corrected chi connectivity index (χ3v) is 4.18. The quantitative estimate of drug-likeness (QED) is 0.499. The first kappa shape index (κ1) is 20.6. The molecule has 1 aromatic carbocycles. The summed E-state index contributed by atoms with van der Waals surface area (Å²) in [5, 5.41) is 6.63. The van der Waals surface area contributed by atoms with E-state index in [4.69, 9.17) is 16.3 Å². The summed E-state index contributed by atoms with van der Waals surface area (Å²) in [6, 6.07) is 5.79. The van der Waals surface area contributed by atoms with Crippen molar-refractivity contribution in [3.8, 4) is 0 Å². The maximum absolute atomic E-state index is 11.8. The van der Waals surface area contributed by atoms with Crippen LogP contribution >= 0.6 is 39.9 Å². The molecule has 9 heteroatoms. The summed E-state index contributed by atoms with van der Waals surface area (Å²) in [4.78, 5) is 11.8. The summed E-state index contributed by atoms with van der Waals surface area (Å²) in [5.41, 5.74) is 7.24. The number of hydrogen-bond donors (Lipinski definition) is 4. The molecule has 6 nitrogen and oxygen atoms in total. The van der Waals surface area contributed by atoms with Crippen LogP contribution in [0.25, 0.3) is 0 Å². The summed E-state index contributed by atoms with van der Waals surface area (Å²) >= 11 is 9.68. The smallest absolute Gasteiger partial charge is 0.235 e. The lowest BCUT2D eigenvalue weighted by atomic mass is 10.0. The van der Waals surface area contributed by atoms with Crippen molar-refractivity contribution in [2.45, 2.75) is 18.6 Å². The van der Waals surface area contributed by atoms with Gasteiger partial charge in [0.2, 0.25) is 5.91 Å². The van der Waals surface area contributed by atoms with Crippen LogP contribution in [0.4, 0.5) is 0 Å². The Balaban J connectivity index is 0.00000264. The first-order valence-electron chi connectivity index (χ1n) is 7.05. The van der Waals surface area contributed by atoms with Gasteiger partial charge in [-0.25, -0.2) is 10.9 Å². The fourth-order valence-corrected chi connectivity index (χ4v) is 2.89. The highest BCUT2D eigenvalue weighted by molar-refractivity contribution is 9.10. The van der Waals surface area contributed by atoms with Gasteiger partial charge in [0.05, 0.1) is 25.4 Å². The van der Waals surface area contributed by atoms with Crippen LogP contribution in [0.2, 0.25) is 5.02 Å². The molecular formula is C14H21BrCl2N4O2.